The monoisotopic (exact) mass is 1790 g/mol. The van der Waals surface area contributed by atoms with E-state index in [4.69, 9.17) is 52.4 Å². The van der Waals surface area contributed by atoms with E-state index in [1.165, 1.54) is 25.7 Å². The summed E-state index contributed by atoms with van der Waals surface area (Å²) < 4.78 is 68.2. The lowest BCUT2D eigenvalue weighted by atomic mass is 9.97. The summed E-state index contributed by atoms with van der Waals surface area (Å²) in [5.41, 5.74) is -1.46. The van der Waals surface area contributed by atoms with Crippen LogP contribution in [-0.2, 0) is 104 Å². The highest BCUT2D eigenvalue weighted by molar-refractivity contribution is 7.46. The van der Waals surface area contributed by atoms with Crippen molar-refractivity contribution in [2.45, 2.75) is 304 Å². The van der Waals surface area contributed by atoms with E-state index in [1.54, 1.807) is 6.92 Å². The fourth-order valence-electron chi connectivity index (χ4n) is 13.9. The highest BCUT2D eigenvalue weighted by Crippen LogP contribution is 2.37. The zero-order valence-electron chi connectivity index (χ0n) is 71.4. The Morgan fingerprint density at radius 2 is 0.715 bits per heavy atom. The molecule has 4 heterocycles. The smallest absolute Gasteiger partial charge is 0.394 e. The Morgan fingerprint density at radius 3 is 1.07 bits per heavy atom. The highest BCUT2D eigenvalue weighted by Gasteiger charge is 2.48. The third-order valence-electron chi connectivity index (χ3n) is 20.6. The van der Waals surface area contributed by atoms with Crippen LogP contribution in [0.2, 0.25) is 0 Å². The summed E-state index contributed by atoms with van der Waals surface area (Å²) in [6.07, 6.45) is -5.92. The van der Waals surface area contributed by atoms with Gasteiger partial charge in [0, 0.05) is 138 Å². The number of phosphoric acid groups is 1. The maximum Gasteiger partial charge on any atom is 0.469 e. The van der Waals surface area contributed by atoms with Crippen molar-refractivity contribution in [2.75, 3.05) is 125 Å². The second-order valence-electron chi connectivity index (χ2n) is 31.4. The lowest BCUT2D eigenvalue weighted by Gasteiger charge is -2.42. The van der Waals surface area contributed by atoms with E-state index in [0.717, 1.165) is 32.1 Å². The summed E-state index contributed by atoms with van der Waals surface area (Å²) in [6.45, 7) is 4.02. The average molecular weight is 1790 g/mol. The SMILES string of the molecule is CC(=O)N[C@H]1[C@H](OCCCCC(=O)NCCCNC(=O)CCOCC(COCCC(=O)NCCCNC(=O)CCCCO[C@@H]2O[C@H](CO)[C@H](O)[C@H](O)[C@H]2NC(C)=O)(COCCC(=O)NCCCNC(=O)CCCCO[C@@H]2O[C@H](CO)[C@H](O)[C@H](O)[C@H]2NC(C)=O)NC(=O)CCCCCCCCCCC(=O)N2C[C@H](O)C[C@H]2COP(=O)(O)O)O[C@H](C)[C@H](O)[C@@H]1O. The van der Waals surface area contributed by atoms with Crippen LogP contribution in [0.15, 0.2) is 0 Å². The molecule has 11 amide bonds. The van der Waals surface area contributed by atoms with Gasteiger partial charge in [-0.2, -0.15) is 0 Å². The van der Waals surface area contributed by atoms with E-state index in [-0.39, 0.29) is 193 Å². The number of hydrogen-bond donors (Lipinski definition) is 21. The number of aliphatic hydroxyl groups is 9. The molecule has 0 saturated carbocycles. The topological polar surface area (TPSA) is 643 Å². The van der Waals surface area contributed by atoms with Gasteiger partial charge in [-0.25, -0.2) is 4.57 Å². The molecule has 0 unspecified atom stereocenters. The van der Waals surface area contributed by atoms with Crippen LogP contribution in [-0.4, -0.2) is 360 Å². The quantitative estimate of drug-likeness (QED) is 0.0201. The molecule has 4 rings (SSSR count). The van der Waals surface area contributed by atoms with Crippen LogP contribution in [0.3, 0.4) is 0 Å². The zero-order chi connectivity index (χ0) is 90.7. The van der Waals surface area contributed by atoms with E-state index in [1.807, 2.05) is 0 Å². The minimum Gasteiger partial charge on any atom is -0.394 e. The Kier molecular flexibility index (Phi) is 54.1. The Balaban J connectivity index is 1.31. The van der Waals surface area contributed by atoms with Crippen molar-refractivity contribution < 1.29 is 160 Å². The molecule has 4 saturated heterocycles. The van der Waals surface area contributed by atoms with Gasteiger partial charge in [-0.3, -0.25) is 57.3 Å². The van der Waals surface area contributed by atoms with Crippen LogP contribution in [0.5, 0.6) is 0 Å². The van der Waals surface area contributed by atoms with E-state index >= 15 is 0 Å². The molecule has 21 N–H and O–H groups in total. The number of amides is 11. The molecule has 0 radical (unpaired) electrons. The lowest BCUT2D eigenvalue weighted by molar-refractivity contribution is -0.270. The number of phosphoric ester groups is 1. The van der Waals surface area contributed by atoms with Crippen molar-refractivity contribution in [1.82, 2.24) is 58.1 Å². The van der Waals surface area contributed by atoms with Gasteiger partial charge in [-0.05, 0) is 84.0 Å². The summed E-state index contributed by atoms with van der Waals surface area (Å²) >= 11 is 0. The van der Waals surface area contributed by atoms with E-state index in [2.05, 4.69) is 57.7 Å². The minimum atomic E-state index is -4.77. The Hall–Kier alpha value is -6.44. The molecule has 710 valence electrons. The third kappa shape index (κ3) is 45.2. The zero-order valence-corrected chi connectivity index (χ0v) is 72.3. The first-order valence-corrected chi connectivity index (χ1v) is 44.4. The van der Waals surface area contributed by atoms with Crippen LogP contribution in [0.25, 0.3) is 0 Å². The summed E-state index contributed by atoms with van der Waals surface area (Å²) in [5, 5.41) is 119. The van der Waals surface area contributed by atoms with Crippen LogP contribution < -0.4 is 53.2 Å². The molecular weight excluding hydrogens is 1650 g/mol. The molecule has 45 heteroatoms. The molecule has 0 aromatic heterocycles. The molecule has 0 aliphatic carbocycles. The number of hydrogen-bond acceptors (Lipinski definition) is 31. The Bertz CT molecular complexity index is 3070. The second-order valence-corrected chi connectivity index (χ2v) is 32.6. The maximum atomic E-state index is 14.1. The van der Waals surface area contributed by atoms with Gasteiger partial charge in [0.2, 0.25) is 65.0 Å². The molecule has 0 bridgehead atoms. The van der Waals surface area contributed by atoms with Crippen LogP contribution >= 0.6 is 7.82 Å². The van der Waals surface area contributed by atoms with Gasteiger partial charge in [0.25, 0.3) is 0 Å². The molecule has 44 nitrogen and oxygen atoms in total. The van der Waals surface area contributed by atoms with Gasteiger partial charge in [0.1, 0.15) is 72.5 Å². The van der Waals surface area contributed by atoms with Crippen LogP contribution in [0, 0.1) is 0 Å². The Labute approximate surface area is 717 Å². The number of β-amino-alcohol motifs (C(OH)–C–C–N with tert-alkyl or cyclic N) is 1. The molecule has 4 aliphatic heterocycles. The molecule has 0 spiro atoms. The molecule has 17 atom stereocenters. The fourth-order valence-corrected chi connectivity index (χ4v) is 14.3. The van der Waals surface area contributed by atoms with Crippen molar-refractivity contribution in [3.8, 4) is 0 Å². The number of ether oxygens (including phenoxy) is 9. The van der Waals surface area contributed by atoms with Crippen molar-refractivity contribution in [3.63, 3.8) is 0 Å². The van der Waals surface area contributed by atoms with Gasteiger partial charge < -0.3 is 156 Å². The first-order valence-electron chi connectivity index (χ1n) is 42.9. The Morgan fingerprint density at radius 1 is 0.398 bits per heavy atom. The van der Waals surface area contributed by atoms with Gasteiger partial charge >= 0.3 is 7.82 Å². The predicted octanol–water partition coefficient (Wildman–Crippen LogP) is -4.68. The number of rotatable bonds is 65. The van der Waals surface area contributed by atoms with Crippen molar-refractivity contribution in [2.24, 2.45) is 0 Å². The summed E-state index contributed by atoms with van der Waals surface area (Å²) in [6, 6.07) is -3.86. The van der Waals surface area contributed by atoms with Gasteiger partial charge in [0.15, 0.2) is 18.9 Å². The van der Waals surface area contributed by atoms with Gasteiger partial charge in [-0.15, -0.1) is 0 Å². The normalized spacial score (nSPS) is 24.7. The number of carbonyl (C=O) groups excluding carboxylic acids is 11. The first-order chi connectivity index (χ1) is 58.7. The standard InChI is InChI=1S/C78H140N11O33P/c1-50-69(104)72(107)66(85-51(2)92)75(120-50)116-36-16-13-22-58(96)79-30-19-33-82-61(99)27-39-113-47-78(88-64(102)25-11-9-7-5-6-8-10-12-26-65(103)89-43-55(95)42-54(89)46-119-123(110,111)112,48-114-40-28-62(100)83-34-20-31-80-59(97)23-14-17-37-117-76-67(86-52(3)93)73(108)70(105)56(44-90)121-76)49-115-41-29-63(101)84-35-21-32-81-60(98)24-15-18-38-118-77-68(87-53(4)94)74(109)71(106)57(45-91)122-77/h50,54-57,66-77,90-91,95,104-109H,5-49H2,1-4H3,(H,79,96)(H,80,97)(H,81,98)(H,82,99)(H,83,100)(H,84,101)(H,85,92)(H,86,93)(H,87,94)(H,88,102)(H2,110,111,112)/t50-,54+,55-,56-,57-,66-,67-,68-,69+,70+,71+,72-,73-,74-,75-,76-,77-/m1/s1. The third-order valence-corrected chi connectivity index (χ3v) is 21.1. The van der Waals surface area contributed by atoms with Gasteiger partial charge in [0.05, 0.1) is 77.7 Å². The minimum absolute atomic E-state index is 0.0492. The molecular formula is C78H140N11O33P. The summed E-state index contributed by atoms with van der Waals surface area (Å²) in [7, 11) is -4.77. The number of unbranched alkanes of at least 4 members (excludes halogenated alkanes) is 10. The van der Waals surface area contributed by atoms with Crippen molar-refractivity contribution in [1.29, 1.82) is 0 Å². The summed E-state index contributed by atoms with van der Waals surface area (Å²) in [5.74, 6) is -4.02. The van der Waals surface area contributed by atoms with Crippen LogP contribution in [0.1, 0.15) is 195 Å². The van der Waals surface area contributed by atoms with Crippen molar-refractivity contribution >= 4 is 72.8 Å². The predicted molar refractivity (Wildman–Crippen MR) is 433 cm³/mol. The lowest BCUT2D eigenvalue weighted by Crippen LogP contribution is -2.64. The molecule has 4 aliphatic rings. The number of nitrogens with one attached hydrogen (secondary N) is 10. The summed E-state index contributed by atoms with van der Waals surface area (Å²) in [4.78, 5) is 159. The number of nitrogens with zero attached hydrogens (tertiary/aromatic N) is 1. The second kappa shape index (κ2) is 61.1. The largest absolute Gasteiger partial charge is 0.469 e. The van der Waals surface area contributed by atoms with E-state index < -0.39 is 173 Å². The highest BCUT2D eigenvalue weighted by atomic mass is 31.2. The number of aliphatic hydroxyl groups excluding tert-OH is 9. The van der Waals surface area contributed by atoms with E-state index in [0.29, 0.717) is 77.0 Å². The first kappa shape index (κ1) is 109. The molecule has 123 heavy (non-hydrogen) atoms. The number of carbonyl (C=O) groups is 11. The average Bonchev–Trinajstić information content (AvgIpc) is 1.40. The molecule has 0 aromatic carbocycles. The molecule has 0 aromatic rings. The molecule has 4 fully saturated rings. The van der Waals surface area contributed by atoms with Crippen molar-refractivity contribution in [3.05, 3.63) is 0 Å². The van der Waals surface area contributed by atoms with Crippen LogP contribution in [0.4, 0.5) is 0 Å². The maximum absolute atomic E-state index is 14.1. The van der Waals surface area contributed by atoms with Gasteiger partial charge in [-0.1, -0.05) is 38.5 Å². The fraction of sp³-hybridized carbons (Fsp3) is 0.859. The van der Waals surface area contributed by atoms with E-state index in [9.17, 15) is 103 Å². The number of likely N-dealkylation sites (tertiary alicyclic amines) is 1.